The van der Waals surface area contributed by atoms with Gasteiger partial charge in [-0.05, 0) is 25.1 Å². The van der Waals surface area contributed by atoms with Crippen LogP contribution in [0, 0.1) is 12.7 Å². The molecule has 0 spiro atoms. The number of furan rings is 1. The van der Waals surface area contributed by atoms with E-state index in [0.717, 1.165) is 12.1 Å². The number of alkyl halides is 3. The summed E-state index contributed by atoms with van der Waals surface area (Å²) in [4.78, 5) is 21.9. The highest BCUT2D eigenvalue weighted by atomic mass is 19.4. The highest BCUT2D eigenvalue weighted by Gasteiger charge is 2.45. The van der Waals surface area contributed by atoms with Crippen LogP contribution in [0.15, 0.2) is 35.0 Å². The number of anilines is 2. The average molecular weight is 439 g/mol. The zero-order valence-electron chi connectivity index (χ0n) is 16.1. The fraction of sp³-hybridized carbons (Fsp3) is 0.316. The van der Waals surface area contributed by atoms with Crippen LogP contribution < -0.4 is 15.5 Å². The van der Waals surface area contributed by atoms with E-state index in [1.807, 2.05) is 5.32 Å². The number of halogens is 4. The fourth-order valence-corrected chi connectivity index (χ4v) is 3.25. The second kappa shape index (κ2) is 7.69. The van der Waals surface area contributed by atoms with Crippen LogP contribution in [-0.2, 0) is 0 Å². The van der Waals surface area contributed by atoms with E-state index in [-0.39, 0.29) is 22.2 Å². The van der Waals surface area contributed by atoms with Crippen molar-refractivity contribution < 1.29 is 31.9 Å². The summed E-state index contributed by atoms with van der Waals surface area (Å²) in [6.45, 7) is 2.11. The minimum atomic E-state index is -4.87. The number of carbonyl (C=O) groups is 1. The van der Waals surface area contributed by atoms with E-state index in [4.69, 9.17) is 4.42 Å². The van der Waals surface area contributed by atoms with Gasteiger partial charge >= 0.3 is 12.2 Å². The highest BCUT2D eigenvalue weighted by Crippen LogP contribution is 2.38. The third-order valence-electron chi connectivity index (χ3n) is 4.84. The van der Waals surface area contributed by atoms with Gasteiger partial charge in [0.25, 0.3) is 0 Å². The molecule has 3 aromatic rings. The van der Waals surface area contributed by atoms with Gasteiger partial charge in [-0.15, -0.1) is 0 Å². The van der Waals surface area contributed by atoms with Gasteiger partial charge in [0, 0.05) is 24.0 Å². The van der Waals surface area contributed by atoms with Gasteiger partial charge in [0.05, 0.1) is 24.2 Å². The van der Waals surface area contributed by atoms with Crippen molar-refractivity contribution in [3.8, 4) is 0 Å². The molecule has 1 aromatic carbocycles. The van der Waals surface area contributed by atoms with Crippen LogP contribution >= 0.6 is 0 Å². The standard InChI is InChI=1S/C19H17F4N5O3/c1-9-13-4-10(20)2-3-14(13)31-15(9)16(19(21,22)23)27-18(30)26-11-5-24-17(25-6-11)28-7-12(29)8-28/h2-6,12,16,29H,7-8H2,1H3,(H2,26,27,30). The average Bonchev–Trinajstić information content (AvgIpc) is 2.99. The molecule has 0 radical (unpaired) electrons. The molecule has 4 rings (SSSR count). The molecule has 12 heteroatoms. The molecule has 3 N–H and O–H groups in total. The van der Waals surface area contributed by atoms with Crippen LogP contribution in [0.25, 0.3) is 11.0 Å². The SMILES string of the molecule is Cc1c(C(NC(=O)Nc2cnc(N3CC(O)C3)nc2)C(F)(F)F)oc2ccc(F)cc12. The first-order valence-electron chi connectivity index (χ1n) is 9.19. The minimum Gasteiger partial charge on any atom is -0.458 e. The van der Waals surface area contributed by atoms with Gasteiger partial charge < -0.3 is 25.1 Å². The lowest BCUT2D eigenvalue weighted by molar-refractivity contribution is -0.158. The number of carbonyl (C=O) groups excluding carboxylic acids is 1. The quantitative estimate of drug-likeness (QED) is 0.539. The van der Waals surface area contributed by atoms with E-state index in [1.165, 1.54) is 25.4 Å². The van der Waals surface area contributed by atoms with Crippen LogP contribution in [-0.4, -0.2) is 46.5 Å². The zero-order valence-corrected chi connectivity index (χ0v) is 16.1. The highest BCUT2D eigenvalue weighted by molar-refractivity contribution is 5.89. The monoisotopic (exact) mass is 439 g/mol. The van der Waals surface area contributed by atoms with Crippen molar-refractivity contribution in [1.82, 2.24) is 15.3 Å². The Morgan fingerprint density at radius 2 is 1.97 bits per heavy atom. The molecule has 8 nitrogen and oxygen atoms in total. The van der Waals surface area contributed by atoms with E-state index in [0.29, 0.717) is 19.0 Å². The predicted octanol–water partition coefficient (Wildman–Crippen LogP) is 3.28. The van der Waals surface area contributed by atoms with E-state index in [9.17, 15) is 27.5 Å². The van der Waals surface area contributed by atoms with Crippen molar-refractivity contribution in [3.05, 3.63) is 47.7 Å². The van der Waals surface area contributed by atoms with Gasteiger partial charge in [0.1, 0.15) is 17.2 Å². The second-order valence-electron chi connectivity index (χ2n) is 7.14. The maximum Gasteiger partial charge on any atom is 0.416 e. The van der Waals surface area contributed by atoms with Crippen LogP contribution in [0.3, 0.4) is 0 Å². The summed E-state index contributed by atoms with van der Waals surface area (Å²) >= 11 is 0. The summed E-state index contributed by atoms with van der Waals surface area (Å²) in [5, 5.41) is 13.6. The Labute approximate surface area is 172 Å². The van der Waals surface area contributed by atoms with Gasteiger partial charge in [0.2, 0.25) is 5.95 Å². The van der Waals surface area contributed by atoms with E-state index >= 15 is 0 Å². The van der Waals surface area contributed by atoms with Crippen LogP contribution in [0.1, 0.15) is 17.4 Å². The summed E-state index contributed by atoms with van der Waals surface area (Å²) in [6.07, 6.45) is -2.84. The number of fused-ring (bicyclic) bond motifs is 1. The lowest BCUT2D eigenvalue weighted by Crippen LogP contribution is -2.51. The van der Waals surface area contributed by atoms with Gasteiger partial charge in [-0.3, -0.25) is 0 Å². The number of rotatable bonds is 4. The van der Waals surface area contributed by atoms with Crippen molar-refractivity contribution in [1.29, 1.82) is 0 Å². The lowest BCUT2D eigenvalue weighted by Gasteiger charge is -2.35. The van der Waals surface area contributed by atoms with Gasteiger partial charge in [-0.25, -0.2) is 19.2 Å². The molecule has 164 valence electrons. The van der Waals surface area contributed by atoms with Gasteiger partial charge in [-0.1, -0.05) is 0 Å². The number of aromatic nitrogens is 2. The molecule has 3 heterocycles. The van der Waals surface area contributed by atoms with Gasteiger partial charge in [-0.2, -0.15) is 13.2 Å². The number of nitrogens with one attached hydrogen (secondary N) is 2. The maximum absolute atomic E-state index is 13.7. The molecule has 1 aliphatic heterocycles. The number of aryl methyl sites for hydroxylation is 1. The number of nitrogens with zero attached hydrogens (tertiary/aromatic N) is 3. The number of amides is 2. The molecule has 2 aromatic heterocycles. The smallest absolute Gasteiger partial charge is 0.416 e. The Bertz CT molecular complexity index is 1110. The molecule has 0 bridgehead atoms. The number of β-amino-alcohol motifs (C(OH)–C–C–N with tert-alkyl or cyclic N) is 1. The number of benzene rings is 1. The third-order valence-corrected chi connectivity index (χ3v) is 4.84. The van der Waals surface area contributed by atoms with Crippen molar-refractivity contribution in [3.63, 3.8) is 0 Å². The Balaban J connectivity index is 1.51. The molecule has 0 saturated carbocycles. The lowest BCUT2D eigenvalue weighted by atomic mass is 10.1. The maximum atomic E-state index is 13.7. The Kier molecular flexibility index (Phi) is 5.17. The zero-order chi connectivity index (χ0) is 22.3. The first-order chi connectivity index (χ1) is 14.6. The van der Waals surface area contributed by atoms with E-state index in [1.54, 1.807) is 4.90 Å². The summed E-state index contributed by atoms with van der Waals surface area (Å²) in [5.41, 5.74) is 0.221. The van der Waals surface area contributed by atoms with E-state index in [2.05, 4.69) is 15.3 Å². The number of aliphatic hydroxyl groups is 1. The minimum absolute atomic E-state index is 0.0709. The summed E-state index contributed by atoms with van der Waals surface area (Å²) in [5.74, 6) is -0.825. The van der Waals surface area contributed by atoms with Crippen molar-refractivity contribution in [2.75, 3.05) is 23.3 Å². The summed E-state index contributed by atoms with van der Waals surface area (Å²) < 4.78 is 59.8. The number of hydrogen-bond acceptors (Lipinski definition) is 6. The molecule has 1 saturated heterocycles. The Morgan fingerprint density at radius 1 is 1.29 bits per heavy atom. The first kappa shape index (κ1) is 20.8. The van der Waals surface area contributed by atoms with Crippen LogP contribution in [0.2, 0.25) is 0 Å². The molecule has 1 unspecified atom stereocenters. The first-order valence-corrected chi connectivity index (χ1v) is 9.19. The summed E-state index contributed by atoms with van der Waals surface area (Å²) in [6, 6.07) is -0.233. The largest absolute Gasteiger partial charge is 0.458 e. The van der Waals surface area contributed by atoms with Crippen molar-refractivity contribution in [2.24, 2.45) is 0 Å². The summed E-state index contributed by atoms with van der Waals surface area (Å²) in [7, 11) is 0. The van der Waals surface area contributed by atoms with Crippen LogP contribution in [0.5, 0.6) is 0 Å². The number of aliphatic hydroxyl groups excluding tert-OH is 1. The molecule has 0 aliphatic carbocycles. The number of hydrogen-bond donors (Lipinski definition) is 3. The Morgan fingerprint density at radius 3 is 2.58 bits per heavy atom. The second-order valence-corrected chi connectivity index (χ2v) is 7.14. The van der Waals surface area contributed by atoms with Crippen molar-refractivity contribution >= 4 is 28.6 Å². The van der Waals surface area contributed by atoms with Gasteiger partial charge in [0.15, 0.2) is 6.04 Å². The molecule has 2 amide bonds. The fourth-order valence-electron chi connectivity index (χ4n) is 3.25. The molecular weight excluding hydrogens is 422 g/mol. The molecular formula is C19H17F4N5O3. The normalized spacial score (nSPS) is 15.6. The third kappa shape index (κ3) is 4.24. The molecule has 31 heavy (non-hydrogen) atoms. The topological polar surface area (TPSA) is 104 Å². The molecule has 1 atom stereocenters. The molecule has 1 fully saturated rings. The van der Waals surface area contributed by atoms with Crippen molar-refractivity contribution in [2.45, 2.75) is 25.2 Å². The predicted molar refractivity (Wildman–Crippen MR) is 102 cm³/mol. The van der Waals surface area contributed by atoms with E-state index < -0.39 is 35.9 Å². The number of urea groups is 1. The van der Waals surface area contributed by atoms with Crippen LogP contribution in [0.4, 0.5) is 34.0 Å². The Hall–Kier alpha value is -3.41. The molecule has 1 aliphatic rings.